The number of alkyl halides is 2. The molecule has 5 rings (SSSR count). The summed E-state index contributed by atoms with van der Waals surface area (Å²) in [6.45, 7) is 3.45. The number of halogens is 3. The summed E-state index contributed by atoms with van der Waals surface area (Å²) >= 11 is 0. The number of aromatic nitrogens is 4. The maximum absolute atomic E-state index is 13.6. The molecule has 204 valence electrons. The number of fused-ring (bicyclic) bond motifs is 1. The molecule has 1 amide bonds. The van der Waals surface area contributed by atoms with Crippen molar-refractivity contribution in [2.24, 2.45) is 7.05 Å². The number of rotatable bonds is 7. The van der Waals surface area contributed by atoms with Crippen LogP contribution in [0.4, 0.5) is 24.7 Å². The predicted octanol–water partition coefficient (Wildman–Crippen LogP) is 6.14. The van der Waals surface area contributed by atoms with Gasteiger partial charge in [-0.05, 0) is 41.5 Å². The van der Waals surface area contributed by atoms with Crippen molar-refractivity contribution >= 4 is 28.3 Å². The topological polar surface area (TPSA) is 132 Å². The number of hydrogen-bond donors (Lipinski definition) is 2. The Balaban J connectivity index is 1.61. The van der Waals surface area contributed by atoms with Crippen LogP contribution in [-0.4, -0.2) is 25.4 Å². The number of ether oxygens (including phenoxy) is 1. The molecule has 9 nitrogen and oxygen atoms in total. The second-order valence-electron chi connectivity index (χ2n) is 8.76. The Labute approximate surface area is 231 Å². The van der Waals surface area contributed by atoms with E-state index in [9.17, 15) is 23.2 Å². The van der Waals surface area contributed by atoms with Gasteiger partial charge in [-0.25, -0.2) is 23.1 Å². The average molecular weight is 556 g/mol. The third kappa shape index (κ3) is 5.04. The minimum Gasteiger partial charge on any atom is -0.424 e. The molecule has 0 unspecified atom stereocenters. The van der Waals surface area contributed by atoms with Crippen molar-refractivity contribution in [2.45, 2.75) is 6.43 Å². The number of nitrogen functional groups attached to an aromatic ring is 1. The van der Waals surface area contributed by atoms with Crippen LogP contribution in [0, 0.1) is 17.1 Å². The number of nitrogens with one attached hydrogen (secondary N) is 1. The molecule has 0 radical (unpaired) electrons. The lowest BCUT2D eigenvalue weighted by Crippen LogP contribution is -2.06. The Bertz CT molecular complexity index is 1840. The standard InChI is InChI=1S/C29H20F3N7O2/c1-3-21(40)37-18-8-4-16(5-9-18)25-22(23-26(39(25)2)17(12-33)13-35-28(23)34)15-6-10-19(11-7-15)41-29-36-14-20(30)24(38-29)27(31)32/h3-11,13-14,27H,1H2,2H3,(H2,34,35)(H,37,40). The van der Waals surface area contributed by atoms with E-state index in [2.05, 4.69) is 32.9 Å². The van der Waals surface area contributed by atoms with Gasteiger partial charge < -0.3 is 20.4 Å². The van der Waals surface area contributed by atoms with Crippen LogP contribution in [0.15, 0.2) is 73.6 Å². The summed E-state index contributed by atoms with van der Waals surface area (Å²) in [5.41, 5.74) is 9.58. The SMILES string of the molecule is C=CC(=O)Nc1ccc(-c2c(-c3ccc(Oc4ncc(F)c(C(F)F)n4)cc3)c3c(N)ncc(C#N)c3n2C)cc1. The van der Waals surface area contributed by atoms with Gasteiger partial charge in [0.05, 0.1) is 28.4 Å². The molecule has 3 N–H and O–H groups in total. The first-order valence-electron chi connectivity index (χ1n) is 12.0. The van der Waals surface area contributed by atoms with Crippen molar-refractivity contribution in [1.82, 2.24) is 19.5 Å². The summed E-state index contributed by atoms with van der Waals surface area (Å²) in [7, 11) is 1.80. The van der Waals surface area contributed by atoms with Crippen molar-refractivity contribution in [1.29, 1.82) is 5.26 Å². The van der Waals surface area contributed by atoms with Crippen LogP contribution in [0.5, 0.6) is 11.8 Å². The van der Waals surface area contributed by atoms with Gasteiger partial charge in [0.15, 0.2) is 5.82 Å². The van der Waals surface area contributed by atoms with E-state index in [1.807, 2.05) is 16.7 Å². The van der Waals surface area contributed by atoms with Gasteiger partial charge >= 0.3 is 6.01 Å². The lowest BCUT2D eigenvalue weighted by Gasteiger charge is -2.11. The first-order chi connectivity index (χ1) is 19.7. The number of pyridine rings is 1. The summed E-state index contributed by atoms with van der Waals surface area (Å²) in [5, 5.41) is 13.1. The van der Waals surface area contributed by atoms with E-state index in [0.29, 0.717) is 39.5 Å². The number of benzene rings is 2. The van der Waals surface area contributed by atoms with Gasteiger partial charge in [-0.15, -0.1) is 0 Å². The second kappa shape index (κ2) is 10.8. The van der Waals surface area contributed by atoms with E-state index in [4.69, 9.17) is 10.5 Å². The number of aryl methyl sites for hydroxylation is 1. The molecule has 2 aromatic carbocycles. The van der Waals surface area contributed by atoms with Crippen LogP contribution in [0.1, 0.15) is 17.7 Å². The van der Waals surface area contributed by atoms with Crippen LogP contribution in [0.2, 0.25) is 0 Å². The summed E-state index contributed by atoms with van der Waals surface area (Å²) < 4.78 is 47.0. The zero-order chi connectivity index (χ0) is 29.3. The second-order valence-corrected chi connectivity index (χ2v) is 8.76. The first-order valence-corrected chi connectivity index (χ1v) is 12.0. The maximum Gasteiger partial charge on any atom is 0.322 e. The minimum absolute atomic E-state index is 0.213. The van der Waals surface area contributed by atoms with Gasteiger partial charge in [0.1, 0.15) is 23.3 Å². The highest BCUT2D eigenvalue weighted by molar-refractivity contribution is 6.10. The minimum atomic E-state index is -3.13. The molecule has 41 heavy (non-hydrogen) atoms. The summed E-state index contributed by atoms with van der Waals surface area (Å²) in [4.78, 5) is 23.0. The monoisotopic (exact) mass is 555 g/mol. The number of anilines is 2. The summed E-state index contributed by atoms with van der Waals surface area (Å²) in [6.07, 6.45) is 0.0729. The van der Waals surface area contributed by atoms with E-state index in [1.165, 1.54) is 12.3 Å². The lowest BCUT2D eigenvalue weighted by atomic mass is 9.98. The fourth-order valence-electron chi connectivity index (χ4n) is 4.47. The highest BCUT2D eigenvalue weighted by Crippen LogP contribution is 2.43. The normalized spacial score (nSPS) is 10.9. The Morgan fingerprint density at radius 3 is 2.44 bits per heavy atom. The highest BCUT2D eigenvalue weighted by atomic mass is 19.3. The number of nitriles is 1. The summed E-state index contributed by atoms with van der Waals surface area (Å²) in [5.74, 6) is -1.15. The molecule has 0 aliphatic rings. The Kier molecular flexibility index (Phi) is 7.09. The van der Waals surface area contributed by atoms with Crippen molar-refractivity contribution in [3.63, 3.8) is 0 Å². The number of nitrogens with two attached hydrogens (primary N) is 1. The van der Waals surface area contributed by atoms with E-state index in [0.717, 1.165) is 11.3 Å². The van der Waals surface area contributed by atoms with Gasteiger partial charge in [-0.3, -0.25) is 4.79 Å². The van der Waals surface area contributed by atoms with E-state index >= 15 is 0 Å². The third-order valence-electron chi connectivity index (χ3n) is 6.28. The van der Waals surface area contributed by atoms with E-state index in [-0.39, 0.29) is 17.5 Å². The quantitative estimate of drug-likeness (QED) is 0.230. The molecule has 0 saturated heterocycles. The average Bonchev–Trinajstić information content (AvgIpc) is 3.28. The van der Waals surface area contributed by atoms with Crippen LogP contribution >= 0.6 is 0 Å². The van der Waals surface area contributed by atoms with Crippen LogP contribution in [-0.2, 0) is 11.8 Å². The number of carbonyl (C=O) groups excluding carboxylic acids is 1. The Morgan fingerprint density at radius 1 is 1.12 bits per heavy atom. The smallest absolute Gasteiger partial charge is 0.322 e. The van der Waals surface area contributed by atoms with Gasteiger partial charge in [-0.2, -0.15) is 10.2 Å². The van der Waals surface area contributed by atoms with Crippen molar-refractivity contribution in [3.8, 4) is 40.2 Å². The third-order valence-corrected chi connectivity index (χ3v) is 6.28. The Hall–Kier alpha value is -5.70. The van der Waals surface area contributed by atoms with Crippen molar-refractivity contribution in [3.05, 3.63) is 90.7 Å². The molecule has 0 spiro atoms. The van der Waals surface area contributed by atoms with Gasteiger partial charge in [-0.1, -0.05) is 30.8 Å². The number of nitrogens with zero attached hydrogens (tertiary/aromatic N) is 5. The number of amides is 1. The first kappa shape index (κ1) is 26.9. The molecule has 12 heteroatoms. The fourth-order valence-corrected chi connectivity index (χ4v) is 4.47. The molecule has 0 fully saturated rings. The van der Waals surface area contributed by atoms with Crippen molar-refractivity contribution in [2.75, 3.05) is 11.1 Å². The molecule has 3 aromatic heterocycles. The molecule has 0 bridgehead atoms. The highest BCUT2D eigenvalue weighted by Gasteiger charge is 2.24. The largest absolute Gasteiger partial charge is 0.424 e. The maximum atomic E-state index is 13.6. The van der Waals surface area contributed by atoms with Crippen molar-refractivity contribution < 1.29 is 22.7 Å². The molecule has 0 atom stereocenters. The number of carbonyl (C=O) groups is 1. The molecule has 0 aliphatic heterocycles. The molecule has 0 aliphatic carbocycles. The molecular weight excluding hydrogens is 535 g/mol. The molecule has 5 aromatic rings. The number of hydrogen-bond acceptors (Lipinski definition) is 7. The van der Waals surface area contributed by atoms with Gasteiger partial charge in [0.2, 0.25) is 5.91 Å². The lowest BCUT2D eigenvalue weighted by molar-refractivity contribution is -0.111. The summed E-state index contributed by atoms with van der Waals surface area (Å²) in [6, 6.07) is 15.4. The fraction of sp³-hybridized carbons (Fsp3) is 0.0690. The molecular formula is C29H20F3N7O2. The van der Waals surface area contributed by atoms with Crippen LogP contribution in [0.3, 0.4) is 0 Å². The zero-order valence-electron chi connectivity index (χ0n) is 21.4. The molecule has 0 saturated carbocycles. The zero-order valence-corrected chi connectivity index (χ0v) is 21.4. The van der Waals surface area contributed by atoms with Crippen LogP contribution < -0.4 is 15.8 Å². The van der Waals surface area contributed by atoms with Crippen LogP contribution in [0.25, 0.3) is 33.3 Å². The van der Waals surface area contributed by atoms with Gasteiger partial charge in [0, 0.05) is 24.5 Å². The predicted molar refractivity (Wildman–Crippen MR) is 147 cm³/mol. The van der Waals surface area contributed by atoms with E-state index in [1.54, 1.807) is 43.4 Å². The van der Waals surface area contributed by atoms with Gasteiger partial charge in [0.25, 0.3) is 6.43 Å². The molecule has 3 heterocycles. The Morgan fingerprint density at radius 2 is 1.80 bits per heavy atom. The van der Waals surface area contributed by atoms with E-state index < -0.39 is 23.9 Å².